The Labute approximate surface area is 190 Å². The Hall–Kier alpha value is -2.47. The Kier molecular flexibility index (Phi) is 8.20. The van der Waals surface area contributed by atoms with Gasteiger partial charge in [0.25, 0.3) is 5.91 Å². The number of benzene rings is 3. The number of carbonyl (C=O) groups excluding carboxylic acids is 1. The normalized spacial score (nSPS) is 12.0. The number of nitrogens with zero attached hydrogens (tertiary/aromatic N) is 1. The Morgan fingerprint density at radius 2 is 1.83 bits per heavy atom. The molecule has 0 aliphatic carbocycles. The number of hydrazone groups is 1. The van der Waals surface area contributed by atoms with Crippen LogP contribution in [0.2, 0.25) is 10.0 Å². The summed E-state index contributed by atoms with van der Waals surface area (Å²) in [4.78, 5) is 13.2. The number of thioether (sulfide) groups is 1. The van der Waals surface area contributed by atoms with Crippen LogP contribution in [0.3, 0.4) is 0 Å². The van der Waals surface area contributed by atoms with Gasteiger partial charge in [-0.1, -0.05) is 47.5 Å². The molecule has 0 aromatic heterocycles. The molecule has 4 nitrogen and oxygen atoms in total. The SMILES string of the molecule is CC(Sc1ccccc1)C(=O)N/N=C/c1ccc(OCc2ccc(Cl)cc2Cl)cc1. The van der Waals surface area contributed by atoms with Crippen LogP contribution in [0.1, 0.15) is 18.1 Å². The van der Waals surface area contributed by atoms with Crippen molar-refractivity contribution in [1.29, 1.82) is 0 Å². The second-order valence-electron chi connectivity index (χ2n) is 6.40. The maximum absolute atomic E-state index is 12.2. The van der Waals surface area contributed by atoms with Gasteiger partial charge >= 0.3 is 0 Å². The number of carbonyl (C=O) groups is 1. The molecule has 0 aliphatic heterocycles. The van der Waals surface area contributed by atoms with Crippen molar-refractivity contribution in [2.45, 2.75) is 23.7 Å². The summed E-state index contributed by atoms with van der Waals surface area (Å²) in [5, 5.41) is 4.95. The number of rotatable bonds is 8. The summed E-state index contributed by atoms with van der Waals surface area (Å²) in [6.07, 6.45) is 1.59. The fourth-order valence-corrected chi connectivity index (χ4v) is 3.81. The predicted molar refractivity (Wildman–Crippen MR) is 125 cm³/mol. The van der Waals surface area contributed by atoms with Crippen LogP contribution < -0.4 is 10.2 Å². The van der Waals surface area contributed by atoms with Gasteiger partial charge in [-0.05, 0) is 61.0 Å². The lowest BCUT2D eigenvalue weighted by atomic mass is 10.2. The molecule has 1 unspecified atom stereocenters. The highest BCUT2D eigenvalue weighted by Gasteiger charge is 2.13. The molecule has 3 rings (SSSR count). The molecule has 30 heavy (non-hydrogen) atoms. The van der Waals surface area contributed by atoms with Crippen molar-refractivity contribution < 1.29 is 9.53 Å². The summed E-state index contributed by atoms with van der Waals surface area (Å²) in [5.41, 5.74) is 4.28. The third-order valence-electron chi connectivity index (χ3n) is 4.10. The minimum Gasteiger partial charge on any atom is -0.489 e. The van der Waals surface area contributed by atoms with Crippen molar-refractivity contribution in [3.63, 3.8) is 0 Å². The summed E-state index contributed by atoms with van der Waals surface area (Å²) in [7, 11) is 0. The first kappa shape index (κ1) is 22.2. The highest BCUT2D eigenvalue weighted by Crippen LogP contribution is 2.23. The summed E-state index contributed by atoms with van der Waals surface area (Å²) in [5.74, 6) is 0.551. The molecular weight excluding hydrogens is 439 g/mol. The number of hydrogen-bond acceptors (Lipinski definition) is 4. The second kappa shape index (κ2) is 11.1. The van der Waals surface area contributed by atoms with Crippen LogP contribution >= 0.6 is 35.0 Å². The van der Waals surface area contributed by atoms with Crippen LogP contribution in [0, 0.1) is 0 Å². The maximum atomic E-state index is 12.2. The standard InChI is InChI=1S/C23H20Cl2N2O2S/c1-16(30-21-5-3-2-4-6-21)23(28)27-26-14-17-7-11-20(12-8-17)29-15-18-9-10-19(24)13-22(18)25/h2-14,16H,15H2,1H3,(H,27,28)/b26-14+. The van der Waals surface area contributed by atoms with E-state index in [2.05, 4.69) is 10.5 Å². The van der Waals surface area contributed by atoms with E-state index < -0.39 is 0 Å². The molecule has 7 heteroatoms. The van der Waals surface area contributed by atoms with Crippen molar-refractivity contribution in [3.8, 4) is 5.75 Å². The first-order valence-corrected chi connectivity index (χ1v) is 10.9. The minimum atomic E-state index is -0.250. The summed E-state index contributed by atoms with van der Waals surface area (Å²) in [6, 6.07) is 22.5. The van der Waals surface area contributed by atoms with E-state index in [0.717, 1.165) is 16.0 Å². The Morgan fingerprint density at radius 3 is 2.53 bits per heavy atom. The van der Waals surface area contributed by atoms with Gasteiger partial charge in [-0.3, -0.25) is 4.79 Å². The fraction of sp³-hybridized carbons (Fsp3) is 0.130. The van der Waals surface area contributed by atoms with E-state index in [0.29, 0.717) is 22.4 Å². The van der Waals surface area contributed by atoms with Crippen molar-refractivity contribution in [1.82, 2.24) is 5.43 Å². The van der Waals surface area contributed by atoms with Gasteiger partial charge in [0.15, 0.2) is 0 Å². The van der Waals surface area contributed by atoms with Crippen molar-refractivity contribution >= 4 is 47.1 Å². The lowest BCUT2D eigenvalue weighted by Crippen LogP contribution is -2.26. The first-order valence-electron chi connectivity index (χ1n) is 9.22. The average molecular weight is 459 g/mol. The summed E-state index contributed by atoms with van der Waals surface area (Å²) in [6.45, 7) is 2.19. The maximum Gasteiger partial charge on any atom is 0.253 e. The molecule has 0 heterocycles. The van der Waals surface area contributed by atoms with E-state index >= 15 is 0 Å². The first-order chi connectivity index (χ1) is 14.5. The Balaban J connectivity index is 1.47. The number of halogens is 2. The highest BCUT2D eigenvalue weighted by atomic mass is 35.5. The third kappa shape index (κ3) is 6.80. The highest BCUT2D eigenvalue weighted by molar-refractivity contribution is 8.00. The lowest BCUT2D eigenvalue weighted by Gasteiger charge is -2.09. The molecule has 0 saturated carbocycles. The van der Waals surface area contributed by atoms with Gasteiger partial charge in [0.05, 0.1) is 11.5 Å². The molecule has 3 aromatic rings. The molecular formula is C23H20Cl2N2O2S. The Morgan fingerprint density at radius 1 is 1.10 bits per heavy atom. The number of amides is 1. The second-order valence-corrected chi connectivity index (χ2v) is 8.66. The van der Waals surface area contributed by atoms with Crippen LogP contribution in [0.5, 0.6) is 5.75 Å². The van der Waals surface area contributed by atoms with Crippen LogP contribution in [0.4, 0.5) is 0 Å². The molecule has 0 saturated heterocycles. The molecule has 0 spiro atoms. The number of hydrogen-bond donors (Lipinski definition) is 1. The molecule has 1 N–H and O–H groups in total. The van der Waals surface area contributed by atoms with Gasteiger partial charge in [0.1, 0.15) is 12.4 Å². The average Bonchev–Trinajstić information content (AvgIpc) is 2.74. The van der Waals surface area contributed by atoms with Crippen LogP contribution in [-0.2, 0) is 11.4 Å². The van der Waals surface area contributed by atoms with E-state index in [1.54, 1.807) is 18.3 Å². The smallest absolute Gasteiger partial charge is 0.253 e. The lowest BCUT2D eigenvalue weighted by molar-refractivity contribution is -0.120. The molecule has 1 amide bonds. The van der Waals surface area contributed by atoms with Crippen molar-refractivity contribution in [2.24, 2.45) is 5.10 Å². The predicted octanol–water partition coefficient (Wildman–Crippen LogP) is 6.20. The van der Waals surface area contributed by atoms with Gasteiger partial charge in [-0.25, -0.2) is 5.43 Å². The topological polar surface area (TPSA) is 50.7 Å². The summed E-state index contributed by atoms with van der Waals surface area (Å²) < 4.78 is 5.75. The Bertz CT molecular complexity index is 1010. The quantitative estimate of drug-likeness (QED) is 0.248. The van der Waals surface area contributed by atoms with Gasteiger partial charge in [-0.2, -0.15) is 5.10 Å². The zero-order valence-electron chi connectivity index (χ0n) is 16.2. The van der Waals surface area contributed by atoms with Crippen LogP contribution in [-0.4, -0.2) is 17.4 Å². The molecule has 0 bridgehead atoms. The molecule has 3 aromatic carbocycles. The number of nitrogens with one attached hydrogen (secondary N) is 1. The summed E-state index contributed by atoms with van der Waals surface area (Å²) >= 11 is 13.5. The number of ether oxygens (including phenoxy) is 1. The fourth-order valence-electron chi connectivity index (χ4n) is 2.47. The van der Waals surface area contributed by atoms with Crippen LogP contribution in [0.25, 0.3) is 0 Å². The van der Waals surface area contributed by atoms with E-state index in [1.165, 1.54) is 11.8 Å². The molecule has 0 aliphatic rings. The molecule has 0 fully saturated rings. The van der Waals surface area contributed by atoms with E-state index in [-0.39, 0.29) is 11.2 Å². The zero-order valence-corrected chi connectivity index (χ0v) is 18.5. The zero-order chi connectivity index (χ0) is 21.3. The molecule has 154 valence electrons. The molecule has 1 atom stereocenters. The molecule has 0 radical (unpaired) electrons. The van der Waals surface area contributed by atoms with Gasteiger partial charge in [-0.15, -0.1) is 11.8 Å². The van der Waals surface area contributed by atoms with Gasteiger partial charge in [0.2, 0.25) is 0 Å². The van der Waals surface area contributed by atoms with Crippen LogP contribution in [0.15, 0.2) is 82.8 Å². The van der Waals surface area contributed by atoms with Gasteiger partial charge in [0, 0.05) is 20.5 Å². The minimum absolute atomic E-state index is 0.153. The largest absolute Gasteiger partial charge is 0.489 e. The van der Waals surface area contributed by atoms with E-state index in [4.69, 9.17) is 27.9 Å². The monoisotopic (exact) mass is 458 g/mol. The van der Waals surface area contributed by atoms with Crippen molar-refractivity contribution in [2.75, 3.05) is 0 Å². The third-order valence-corrected chi connectivity index (χ3v) is 5.80. The van der Waals surface area contributed by atoms with Crippen molar-refractivity contribution in [3.05, 3.63) is 94.0 Å². The van der Waals surface area contributed by atoms with E-state index in [1.807, 2.05) is 67.6 Å². The van der Waals surface area contributed by atoms with E-state index in [9.17, 15) is 4.79 Å². The van der Waals surface area contributed by atoms with Gasteiger partial charge < -0.3 is 4.74 Å².